The molecule has 5 rings (SSSR count). The summed E-state index contributed by atoms with van der Waals surface area (Å²) in [6, 6.07) is 26.8. The Kier molecular flexibility index (Phi) is 6.02. The minimum absolute atomic E-state index is 0.169. The first-order valence-corrected chi connectivity index (χ1v) is 11.3. The number of imide groups is 1. The van der Waals surface area contributed by atoms with Gasteiger partial charge in [0.25, 0.3) is 11.8 Å². The third-order valence-corrected chi connectivity index (χ3v) is 6.13. The smallest absolute Gasteiger partial charge is 0.278 e. The monoisotopic (exact) mass is 466 g/mol. The molecule has 0 radical (unpaired) electrons. The Hall–Kier alpha value is -4.45. The average Bonchev–Trinajstić information content (AvgIpc) is 3.12. The zero-order valence-corrected chi connectivity index (χ0v) is 19.1. The summed E-state index contributed by atoms with van der Waals surface area (Å²) in [6.45, 7) is 0.169. The summed E-state index contributed by atoms with van der Waals surface area (Å²) in [6.07, 6.45) is 0.415. The number of benzene rings is 4. The SMILES string of the molecule is COc1ccccc1C1=C(Nc2cccc3ccccc23)C(=O)N(CCc2ccc(F)cc2)C1=O. The molecule has 2 amide bonds. The standard InChI is InChI=1S/C29H23FN2O3/c1-35-25-12-5-4-10-23(25)26-27(31-24-11-6-8-20-7-2-3-9-22(20)24)29(34)32(28(26)33)18-17-19-13-15-21(30)16-14-19/h2-16,31H,17-18H2,1H3. The highest BCUT2D eigenvalue weighted by Crippen LogP contribution is 2.36. The number of anilines is 1. The van der Waals surface area contributed by atoms with Crippen LogP contribution in [0.15, 0.2) is 96.7 Å². The van der Waals surface area contributed by atoms with Crippen LogP contribution in [0.3, 0.4) is 0 Å². The Balaban J connectivity index is 1.55. The predicted octanol–water partition coefficient (Wildman–Crippen LogP) is 5.42. The molecular formula is C29H23FN2O3. The topological polar surface area (TPSA) is 58.6 Å². The molecular weight excluding hydrogens is 443 g/mol. The van der Waals surface area contributed by atoms with E-state index >= 15 is 0 Å². The minimum Gasteiger partial charge on any atom is -0.496 e. The number of halogens is 1. The van der Waals surface area contributed by atoms with Crippen LogP contribution in [0.25, 0.3) is 16.3 Å². The molecule has 0 atom stereocenters. The van der Waals surface area contributed by atoms with Crippen LogP contribution in [0.5, 0.6) is 5.75 Å². The lowest BCUT2D eigenvalue weighted by atomic mass is 10.0. The van der Waals surface area contributed by atoms with Crippen LogP contribution in [-0.2, 0) is 16.0 Å². The van der Waals surface area contributed by atoms with Gasteiger partial charge in [-0.15, -0.1) is 0 Å². The van der Waals surface area contributed by atoms with Crippen LogP contribution in [0.1, 0.15) is 11.1 Å². The van der Waals surface area contributed by atoms with E-state index < -0.39 is 11.8 Å². The van der Waals surface area contributed by atoms with Gasteiger partial charge in [0.2, 0.25) is 0 Å². The zero-order chi connectivity index (χ0) is 24.4. The summed E-state index contributed by atoms with van der Waals surface area (Å²) in [4.78, 5) is 28.4. The van der Waals surface area contributed by atoms with E-state index in [1.807, 2.05) is 48.5 Å². The molecule has 1 heterocycles. The fourth-order valence-electron chi connectivity index (χ4n) is 4.36. The first-order chi connectivity index (χ1) is 17.1. The van der Waals surface area contributed by atoms with Gasteiger partial charge < -0.3 is 10.1 Å². The molecule has 174 valence electrons. The molecule has 6 heteroatoms. The van der Waals surface area contributed by atoms with Crippen molar-refractivity contribution in [3.05, 3.63) is 114 Å². The van der Waals surface area contributed by atoms with Crippen molar-refractivity contribution >= 4 is 33.8 Å². The summed E-state index contributed by atoms with van der Waals surface area (Å²) in [5, 5.41) is 5.21. The fourth-order valence-corrected chi connectivity index (χ4v) is 4.36. The van der Waals surface area contributed by atoms with E-state index in [4.69, 9.17) is 4.74 Å². The largest absolute Gasteiger partial charge is 0.496 e. The number of methoxy groups -OCH3 is 1. The normalized spacial score (nSPS) is 13.6. The molecule has 4 aromatic carbocycles. The highest BCUT2D eigenvalue weighted by Gasteiger charge is 2.40. The van der Waals surface area contributed by atoms with E-state index in [2.05, 4.69) is 5.32 Å². The number of fused-ring (bicyclic) bond motifs is 1. The molecule has 0 fully saturated rings. The average molecular weight is 467 g/mol. The lowest BCUT2D eigenvalue weighted by Crippen LogP contribution is -2.34. The summed E-state index contributed by atoms with van der Waals surface area (Å²) in [7, 11) is 1.53. The summed E-state index contributed by atoms with van der Waals surface area (Å²) in [5.74, 6) is -0.639. The van der Waals surface area contributed by atoms with Crippen molar-refractivity contribution in [3.63, 3.8) is 0 Å². The first kappa shape index (κ1) is 22.3. The number of carbonyl (C=O) groups excluding carboxylic acids is 2. The molecule has 5 nitrogen and oxygen atoms in total. The van der Waals surface area contributed by atoms with E-state index in [0.717, 1.165) is 22.0 Å². The van der Waals surface area contributed by atoms with Crippen LogP contribution in [-0.4, -0.2) is 30.4 Å². The van der Waals surface area contributed by atoms with Gasteiger partial charge in [0, 0.05) is 23.2 Å². The Labute approximate surface area is 202 Å². The molecule has 1 aliphatic rings. The maximum absolute atomic E-state index is 13.6. The number of carbonyl (C=O) groups is 2. The van der Waals surface area contributed by atoms with Gasteiger partial charge in [0.1, 0.15) is 17.3 Å². The number of amides is 2. The van der Waals surface area contributed by atoms with Gasteiger partial charge in [-0.1, -0.05) is 66.7 Å². The van der Waals surface area contributed by atoms with Crippen LogP contribution >= 0.6 is 0 Å². The summed E-state index contributed by atoms with van der Waals surface area (Å²) in [5.41, 5.74) is 2.57. The highest BCUT2D eigenvalue weighted by molar-refractivity contribution is 6.37. The quantitative estimate of drug-likeness (QED) is 0.370. The first-order valence-electron chi connectivity index (χ1n) is 11.3. The van der Waals surface area contributed by atoms with Crippen molar-refractivity contribution in [3.8, 4) is 5.75 Å². The second-order valence-corrected chi connectivity index (χ2v) is 8.24. The van der Waals surface area contributed by atoms with E-state index in [9.17, 15) is 14.0 Å². The van der Waals surface area contributed by atoms with Crippen LogP contribution in [0.2, 0.25) is 0 Å². The maximum atomic E-state index is 13.6. The Bertz CT molecular complexity index is 1460. The lowest BCUT2D eigenvalue weighted by molar-refractivity contribution is -0.136. The van der Waals surface area contributed by atoms with Gasteiger partial charge in [-0.3, -0.25) is 14.5 Å². The number of hydrogen-bond acceptors (Lipinski definition) is 4. The highest BCUT2D eigenvalue weighted by atomic mass is 19.1. The molecule has 0 unspecified atom stereocenters. The zero-order valence-electron chi connectivity index (χ0n) is 19.1. The molecule has 4 aromatic rings. The molecule has 1 N–H and O–H groups in total. The Morgan fingerprint density at radius 2 is 1.54 bits per heavy atom. The van der Waals surface area contributed by atoms with Crippen molar-refractivity contribution in [1.29, 1.82) is 0 Å². The van der Waals surface area contributed by atoms with Crippen LogP contribution in [0, 0.1) is 5.82 Å². The summed E-state index contributed by atoms with van der Waals surface area (Å²) < 4.78 is 18.8. The number of rotatable bonds is 7. The van der Waals surface area contributed by atoms with Crippen molar-refractivity contribution in [1.82, 2.24) is 4.90 Å². The van der Waals surface area contributed by atoms with Gasteiger partial charge in [-0.05, 0) is 41.6 Å². The molecule has 0 aliphatic carbocycles. The Morgan fingerprint density at radius 3 is 2.34 bits per heavy atom. The molecule has 1 aliphatic heterocycles. The second kappa shape index (κ2) is 9.43. The molecule has 0 saturated carbocycles. The van der Waals surface area contributed by atoms with Gasteiger partial charge >= 0.3 is 0 Å². The Morgan fingerprint density at radius 1 is 0.829 bits per heavy atom. The van der Waals surface area contributed by atoms with E-state index in [-0.39, 0.29) is 23.6 Å². The lowest BCUT2D eigenvalue weighted by Gasteiger charge is -2.16. The number of nitrogens with one attached hydrogen (secondary N) is 1. The van der Waals surface area contributed by atoms with Crippen molar-refractivity contribution in [2.24, 2.45) is 0 Å². The van der Waals surface area contributed by atoms with Gasteiger partial charge in [-0.25, -0.2) is 4.39 Å². The predicted molar refractivity (Wildman–Crippen MR) is 134 cm³/mol. The van der Waals surface area contributed by atoms with Crippen molar-refractivity contribution in [2.45, 2.75) is 6.42 Å². The third kappa shape index (κ3) is 4.26. The van der Waals surface area contributed by atoms with Gasteiger partial charge in [-0.2, -0.15) is 0 Å². The molecule has 0 bridgehead atoms. The van der Waals surface area contributed by atoms with E-state index in [1.165, 1.54) is 24.1 Å². The van der Waals surface area contributed by atoms with Crippen molar-refractivity contribution < 1.29 is 18.7 Å². The summed E-state index contributed by atoms with van der Waals surface area (Å²) >= 11 is 0. The molecule has 0 aromatic heterocycles. The molecule has 0 spiro atoms. The number of para-hydroxylation sites is 1. The van der Waals surface area contributed by atoms with E-state index in [1.54, 1.807) is 30.3 Å². The number of hydrogen-bond donors (Lipinski definition) is 1. The maximum Gasteiger partial charge on any atom is 0.278 e. The second-order valence-electron chi connectivity index (χ2n) is 8.24. The fraction of sp³-hybridized carbons (Fsp3) is 0.103. The van der Waals surface area contributed by atoms with Crippen LogP contribution < -0.4 is 10.1 Å². The number of nitrogens with zero attached hydrogens (tertiary/aromatic N) is 1. The molecule has 0 saturated heterocycles. The van der Waals surface area contributed by atoms with E-state index in [0.29, 0.717) is 17.7 Å². The van der Waals surface area contributed by atoms with Crippen molar-refractivity contribution in [2.75, 3.05) is 19.0 Å². The minimum atomic E-state index is -0.411. The molecule has 35 heavy (non-hydrogen) atoms. The van der Waals surface area contributed by atoms with Gasteiger partial charge in [0.15, 0.2) is 0 Å². The van der Waals surface area contributed by atoms with Gasteiger partial charge in [0.05, 0.1) is 12.7 Å². The number of ether oxygens (including phenoxy) is 1. The third-order valence-electron chi connectivity index (χ3n) is 6.13. The van der Waals surface area contributed by atoms with Crippen LogP contribution in [0.4, 0.5) is 10.1 Å².